The van der Waals surface area contributed by atoms with E-state index in [1.54, 1.807) is 24.3 Å². The lowest BCUT2D eigenvalue weighted by atomic mass is 9.80. The summed E-state index contributed by atoms with van der Waals surface area (Å²) in [4.78, 5) is 16.8. The number of hydrogen-bond donors (Lipinski definition) is 4. The summed E-state index contributed by atoms with van der Waals surface area (Å²) in [5.74, 6) is -1.67. The van der Waals surface area contributed by atoms with Gasteiger partial charge in [0.2, 0.25) is 0 Å². The molecule has 0 aliphatic rings. The van der Waals surface area contributed by atoms with E-state index < -0.39 is 18.8 Å². The highest BCUT2D eigenvalue weighted by Gasteiger charge is 2.17. The van der Waals surface area contributed by atoms with Crippen molar-refractivity contribution in [2.75, 3.05) is 0 Å². The third-order valence-electron chi connectivity index (χ3n) is 3.15. The lowest BCUT2D eigenvalue weighted by molar-refractivity contribution is 0.0230. The van der Waals surface area contributed by atoms with Gasteiger partial charge in [0.15, 0.2) is 0 Å². The first-order chi connectivity index (χ1) is 11.0. The molecule has 0 atom stereocenters. The van der Waals surface area contributed by atoms with Crippen LogP contribution in [0.2, 0.25) is 0 Å². The second-order valence-electron chi connectivity index (χ2n) is 4.81. The van der Waals surface area contributed by atoms with Gasteiger partial charge in [0.25, 0.3) is 5.91 Å². The third kappa shape index (κ3) is 4.60. The zero-order valence-corrected chi connectivity index (χ0v) is 12.1. The molecule has 0 spiro atoms. The quantitative estimate of drug-likeness (QED) is 0.439. The molecule has 4 N–H and O–H groups in total. The zero-order chi connectivity index (χ0) is 16.8. The SMILES string of the molecule is O=C(NOCc1ccc(CO)cc1)c1ccc(B(O)O)cc1F. The summed E-state index contributed by atoms with van der Waals surface area (Å²) in [7, 11) is -1.81. The van der Waals surface area contributed by atoms with Crippen molar-refractivity contribution < 1.29 is 29.2 Å². The predicted octanol–water partition coefficient (Wildman–Crippen LogP) is -0.141. The number of benzene rings is 2. The van der Waals surface area contributed by atoms with Crippen molar-refractivity contribution in [1.29, 1.82) is 0 Å². The van der Waals surface area contributed by atoms with Crippen molar-refractivity contribution in [3.05, 3.63) is 65.0 Å². The maximum absolute atomic E-state index is 13.7. The predicted molar refractivity (Wildman–Crippen MR) is 80.8 cm³/mol. The van der Waals surface area contributed by atoms with Gasteiger partial charge in [0.05, 0.1) is 18.8 Å². The highest BCUT2D eigenvalue weighted by molar-refractivity contribution is 6.58. The van der Waals surface area contributed by atoms with Crippen molar-refractivity contribution in [2.24, 2.45) is 0 Å². The Morgan fingerprint density at radius 3 is 2.35 bits per heavy atom. The molecular formula is C15H15BFNO5. The number of hydrogen-bond acceptors (Lipinski definition) is 5. The highest BCUT2D eigenvalue weighted by Crippen LogP contribution is 2.07. The van der Waals surface area contributed by atoms with Crippen LogP contribution >= 0.6 is 0 Å². The van der Waals surface area contributed by atoms with E-state index in [4.69, 9.17) is 20.0 Å². The Morgan fingerprint density at radius 2 is 1.78 bits per heavy atom. The number of amides is 1. The molecule has 0 heterocycles. The Kier molecular flexibility index (Phi) is 5.83. The smallest absolute Gasteiger partial charge is 0.423 e. The van der Waals surface area contributed by atoms with E-state index in [1.165, 1.54) is 6.07 Å². The van der Waals surface area contributed by atoms with Crippen molar-refractivity contribution in [3.8, 4) is 0 Å². The fraction of sp³-hybridized carbons (Fsp3) is 0.133. The van der Waals surface area contributed by atoms with Crippen LogP contribution in [0.1, 0.15) is 21.5 Å². The van der Waals surface area contributed by atoms with E-state index in [-0.39, 0.29) is 24.2 Å². The normalized spacial score (nSPS) is 10.4. The van der Waals surface area contributed by atoms with E-state index in [1.807, 2.05) is 0 Å². The average Bonchev–Trinajstić information content (AvgIpc) is 2.55. The Hall–Kier alpha value is -2.26. The van der Waals surface area contributed by atoms with Crippen LogP contribution < -0.4 is 10.9 Å². The van der Waals surface area contributed by atoms with Crippen LogP contribution in [0, 0.1) is 5.82 Å². The molecule has 2 rings (SSSR count). The van der Waals surface area contributed by atoms with Crippen LogP contribution in [0.25, 0.3) is 0 Å². The summed E-state index contributed by atoms with van der Waals surface area (Å²) in [5, 5.41) is 26.8. The second-order valence-corrected chi connectivity index (χ2v) is 4.81. The van der Waals surface area contributed by atoms with Gasteiger partial charge < -0.3 is 15.2 Å². The van der Waals surface area contributed by atoms with Crippen molar-refractivity contribution >= 4 is 18.5 Å². The highest BCUT2D eigenvalue weighted by atomic mass is 19.1. The standard InChI is InChI=1S/C15H15BFNO5/c17-14-7-12(16(21)22)5-6-13(14)15(20)18-23-9-11-3-1-10(8-19)2-4-11/h1-7,19,21-22H,8-9H2,(H,18,20). The maximum atomic E-state index is 13.7. The molecule has 23 heavy (non-hydrogen) atoms. The number of nitrogens with one attached hydrogen (secondary N) is 1. The number of carbonyl (C=O) groups excluding carboxylic acids is 1. The van der Waals surface area contributed by atoms with Gasteiger partial charge in [-0.1, -0.05) is 30.3 Å². The van der Waals surface area contributed by atoms with Gasteiger partial charge in [-0.3, -0.25) is 9.63 Å². The van der Waals surface area contributed by atoms with Crippen LogP contribution in [0.3, 0.4) is 0 Å². The van der Waals surface area contributed by atoms with Crippen LogP contribution in [0.5, 0.6) is 0 Å². The molecule has 0 bridgehead atoms. The molecule has 1 amide bonds. The Balaban J connectivity index is 1.91. The van der Waals surface area contributed by atoms with Crippen molar-refractivity contribution in [3.63, 3.8) is 0 Å². The van der Waals surface area contributed by atoms with Gasteiger partial charge >= 0.3 is 7.12 Å². The largest absolute Gasteiger partial charge is 0.488 e. The first-order valence-corrected chi connectivity index (χ1v) is 6.77. The number of rotatable bonds is 6. The third-order valence-corrected chi connectivity index (χ3v) is 3.15. The van der Waals surface area contributed by atoms with Crippen LogP contribution in [0.4, 0.5) is 4.39 Å². The van der Waals surface area contributed by atoms with Gasteiger partial charge in [-0.05, 0) is 28.7 Å². The number of carbonyl (C=O) groups is 1. The minimum absolute atomic E-state index is 0.0519. The Bertz CT molecular complexity index is 678. The van der Waals surface area contributed by atoms with Gasteiger partial charge in [0.1, 0.15) is 5.82 Å². The Morgan fingerprint density at radius 1 is 1.13 bits per heavy atom. The molecule has 0 radical (unpaired) electrons. The van der Waals surface area contributed by atoms with Gasteiger partial charge in [-0.2, -0.15) is 0 Å². The van der Waals surface area contributed by atoms with E-state index >= 15 is 0 Å². The Labute approximate surface area is 132 Å². The molecular weight excluding hydrogens is 304 g/mol. The molecule has 0 unspecified atom stereocenters. The number of aliphatic hydroxyl groups is 1. The first-order valence-electron chi connectivity index (χ1n) is 6.77. The summed E-state index contributed by atoms with van der Waals surface area (Å²) in [6.45, 7) is 0.0161. The van der Waals surface area contributed by atoms with Gasteiger partial charge in [0, 0.05) is 0 Å². The fourth-order valence-corrected chi connectivity index (χ4v) is 1.86. The summed E-state index contributed by atoms with van der Waals surface area (Å²) in [6.07, 6.45) is 0. The van der Waals surface area contributed by atoms with E-state index in [2.05, 4.69) is 5.48 Å². The zero-order valence-electron chi connectivity index (χ0n) is 12.1. The monoisotopic (exact) mass is 319 g/mol. The van der Waals surface area contributed by atoms with Crippen LogP contribution in [-0.4, -0.2) is 28.2 Å². The van der Waals surface area contributed by atoms with Crippen LogP contribution in [0.15, 0.2) is 42.5 Å². The number of aliphatic hydroxyl groups excluding tert-OH is 1. The molecule has 6 nitrogen and oxygen atoms in total. The molecule has 0 saturated heterocycles. The minimum atomic E-state index is -1.81. The van der Waals surface area contributed by atoms with Crippen molar-refractivity contribution in [2.45, 2.75) is 13.2 Å². The average molecular weight is 319 g/mol. The maximum Gasteiger partial charge on any atom is 0.488 e. The lowest BCUT2D eigenvalue weighted by Crippen LogP contribution is -2.31. The summed E-state index contributed by atoms with van der Waals surface area (Å²) in [6, 6.07) is 10.1. The summed E-state index contributed by atoms with van der Waals surface area (Å²) < 4.78 is 13.7. The molecule has 0 aliphatic heterocycles. The molecule has 2 aromatic rings. The lowest BCUT2D eigenvalue weighted by Gasteiger charge is -2.08. The van der Waals surface area contributed by atoms with Crippen LogP contribution in [-0.2, 0) is 18.1 Å². The minimum Gasteiger partial charge on any atom is -0.423 e. The van der Waals surface area contributed by atoms with E-state index in [9.17, 15) is 9.18 Å². The van der Waals surface area contributed by atoms with Crippen molar-refractivity contribution in [1.82, 2.24) is 5.48 Å². The molecule has 2 aromatic carbocycles. The summed E-state index contributed by atoms with van der Waals surface area (Å²) in [5.41, 5.74) is 3.31. The number of hydroxylamine groups is 1. The van der Waals surface area contributed by atoms with Gasteiger partial charge in [-0.25, -0.2) is 9.87 Å². The molecule has 8 heteroatoms. The first kappa shape index (κ1) is 17.1. The summed E-state index contributed by atoms with van der Waals surface area (Å²) >= 11 is 0. The topological polar surface area (TPSA) is 99.0 Å². The van der Waals surface area contributed by atoms with E-state index in [0.717, 1.165) is 23.3 Å². The van der Waals surface area contributed by atoms with Gasteiger partial charge in [-0.15, -0.1) is 0 Å². The second kappa shape index (κ2) is 7.84. The fourth-order valence-electron chi connectivity index (χ4n) is 1.86. The molecule has 120 valence electrons. The molecule has 0 aromatic heterocycles. The number of halogens is 1. The molecule has 0 saturated carbocycles. The van der Waals surface area contributed by atoms with E-state index in [0.29, 0.717) is 0 Å². The molecule has 0 fully saturated rings. The molecule has 0 aliphatic carbocycles.